The Hall–Kier alpha value is -3.18. The molecule has 0 bridgehead atoms. The molecule has 1 heterocycles. The molecule has 0 aliphatic heterocycles. The number of nitro groups is 1. The molecule has 0 aliphatic rings. The summed E-state index contributed by atoms with van der Waals surface area (Å²) in [6, 6.07) is 3.32. The number of hydrogen-bond donors (Lipinski definition) is 2. The number of nitrogens with one attached hydrogen (secondary N) is 2. The number of methoxy groups -OCH3 is 1. The number of halogens is 3. The minimum Gasteiger partial charge on any atom is -0.490 e. The van der Waals surface area contributed by atoms with Crippen LogP contribution in [0.15, 0.2) is 18.2 Å². The molecule has 1 amide bonds. The molecule has 0 saturated heterocycles. The third-order valence-electron chi connectivity index (χ3n) is 2.62. The van der Waals surface area contributed by atoms with E-state index in [1.54, 1.807) is 5.10 Å². The second kappa shape index (κ2) is 5.90. The van der Waals surface area contributed by atoms with Crippen LogP contribution in [0.25, 0.3) is 0 Å². The molecule has 0 atom stereocenters. The zero-order chi connectivity index (χ0) is 17.2. The molecule has 0 saturated carbocycles. The Balaban J connectivity index is 2.22. The fourth-order valence-electron chi connectivity index (χ4n) is 1.59. The van der Waals surface area contributed by atoms with Crippen molar-refractivity contribution in [3.63, 3.8) is 0 Å². The van der Waals surface area contributed by atoms with Crippen molar-refractivity contribution >= 4 is 17.5 Å². The number of H-pyrrole nitrogens is 1. The standard InChI is InChI=1S/C11H8F3N5O4/c1-23-7-3-2-5(4-6(7)19(21)22)8(20)15-10-16-9(17-18-10)11(12,13)14/h2-4H,1H3,(H2,15,16,17,18,20). The van der Waals surface area contributed by atoms with Crippen molar-refractivity contribution in [2.24, 2.45) is 0 Å². The highest BCUT2D eigenvalue weighted by Gasteiger charge is 2.35. The third-order valence-corrected chi connectivity index (χ3v) is 2.62. The van der Waals surface area contributed by atoms with Gasteiger partial charge in [-0.15, -0.1) is 5.10 Å². The van der Waals surface area contributed by atoms with Crippen LogP contribution in [0, 0.1) is 10.1 Å². The summed E-state index contributed by atoms with van der Waals surface area (Å²) in [6.45, 7) is 0. The zero-order valence-corrected chi connectivity index (χ0v) is 11.3. The van der Waals surface area contributed by atoms with Crippen molar-refractivity contribution in [1.29, 1.82) is 0 Å². The van der Waals surface area contributed by atoms with Crippen LogP contribution >= 0.6 is 0 Å². The van der Waals surface area contributed by atoms with Gasteiger partial charge in [-0.25, -0.2) is 0 Å². The molecule has 1 aromatic carbocycles. The summed E-state index contributed by atoms with van der Waals surface area (Å²) in [7, 11) is 1.22. The Morgan fingerprint density at radius 3 is 2.65 bits per heavy atom. The van der Waals surface area contributed by atoms with Gasteiger partial charge < -0.3 is 4.74 Å². The van der Waals surface area contributed by atoms with Gasteiger partial charge in [-0.05, 0) is 12.1 Å². The van der Waals surface area contributed by atoms with Crippen molar-refractivity contribution in [2.45, 2.75) is 6.18 Å². The Morgan fingerprint density at radius 1 is 1.43 bits per heavy atom. The molecule has 12 heteroatoms. The van der Waals surface area contributed by atoms with Crippen LogP contribution in [0.5, 0.6) is 5.75 Å². The van der Waals surface area contributed by atoms with Gasteiger partial charge >= 0.3 is 11.9 Å². The molecule has 122 valence electrons. The molecule has 0 aliphatic carbocycles. The molecule has 2 N–H and O–H groups in total. The maximum absolute atomic E-state index is 12.4. The zero-order valence-electron chi connectivity index (χ0n) is 11.3. The Morgan fingerprint density at radius 2 is 2.13 bits per heavy atom. The lowest BCUT2D eigenvalue weighted by Gasteiger charge is -2.04. The lowest BCUT2D eigenvalue weighted by atomic mass is 10.2. The van der Waals surface area contributed by atoms with Gasteiger partial charge in [0.25, 0.3) is 5.91 Å². The van der Waals surface area contributed by atoms with E-state index in [1.807, 2.05) is 5.32 Å². The van der Waals surface area contributed by atoms with Crippen LogP contribution in [0.3, 0.4) is 0 Å². The second-order valence-corrected chi connectivity index (χ2v) is 4.10. The van der Waals surface area contributed by atoms with E-state index >= 15 is 0 Å². The highest BCUT2D eigenvalue weighted by Crippen LogP contribution is 2.28. The predicted molar refractivity (Wildman–Crippen MR) is 69.0 cm³/mol. The van der Waals surface area contributed by atoms with Gasteiger partial charge in [0.2, 0.25) is 11.8 Å². The average molecular weight is 331 g/mol. The molecular weight excluding hydrogens is 323 g/mol. The summed E-state index contributed by atoms with van der Waals surface area (Å²) in [5.41, 5.74) is -0.637. The Labute approximate surface area is 125 Å². The number of rotatable bonds is 4. The van der Waals surface area contributed by atoms with Gasteiger partial charge in [-0.3, -0.25) is 25.3 Å². The first-order valence-corrected chi connectivity index (χ1v) is 5.85. The van der Waals surface area contributed by atoms with E-state index in [4.69, 9.17) is 4.74 Å². The van der Waals surface area contributed by atoms with Crippen LogP contribution in [-0.2, 0) is 6.18 Å². The Bertz CT molecular complexity index is 758. The quantitative estimate of drug-likeness (QED) is 0.652. The van der Waals surface area contributed by atoms with E-state index in [9.17, 15) is 28.1 Å². The monoisotopic (exact) mass is 331 g/mol. The van der Waals surface area contributed by atoms with Crippen LogP contribution in [0.4, 0.5) is 24.8 Å². The van der Waals surface area contributed by atoms with Crippen molar-refractivity contribution in [3.8, 4) is 5.75 Å². The molecule has 0 unspecified atom stereocenters. The van der Waals surface area contributed by atoms with Crippen molar-refractivity contribution in [2.75, 3.05) is 12.4 Å². The summed E-state index contributed by atoms with van der Waals surface area (Å²) in [5.74, 6) is -2.97. The minimum atomic E-state index is -4.74. The van der Waals surface area contributed by atoms with Gasteiger partial charge in [0.15, 0.2) is 5.75 Å². The largest absolute Gasteiger partial charge is 0.490 e. The highest BCUT2D eigenvalue weighted by atomic mass is 19.4. The van der Waals surface area contributed by atoms with E-state index in [0.717, 1.165) is 6.07 Å². The molecular formula is C11H8F3N5O4. The number of anilines is 1. The van der Waals surface area contributed by atoms with Gasteiger partial charge in [0.1, 0.15) is 0 Å². The normalized spacial score (nSPS) is 11.1. The van der Waals surface area contributed by atoms with Gasteiger partial charge in [0, 0.05) is 11.6 Å². The maximum Gasteiger partial charge on any atom is 0.451 e. The SMILES string of the molecule is COc1ccc(C(=O)Nc2n[nH]c(C(F)(F)F)n2)cc1[N+](=O)[O-]. The molecule has 0 radical (unpaired) electrons. The van der Waals surface area contributed by atoms with Gasteiger partial charge in [-0.1, -0.05) is 0 Å². The third kappa shape index (κ3) is 3.53. The van der Waals surface area contributed by atoms with Gasteiger partial charge in [0.05, 0.1) is 12.0 Å². The topological polar surface area (TPSA) is 123 Å². The number of aromatic amines is 1. The van der Waals surface area contributed by atoms with E-state index in [2.05, 4.69) is 10.1 Å². The van der Waals surface area contributed by atoms with Crippen molar-refractivity contribution in [1.82, 2.24) is 15.2 Å². The summed E-state index contributed by atoms with van der Waals surface area (Å²) in [6.07, 6.45) is -4.74. The fraction of sp³-hybridized carbons (Fsp3) is 0.182. The molecule has 2 rings (SSSR count). The number of ether oxygens (including phenoxy) is 1. The first kappa shape index (κ1) is 16.2. The minimum absolute atomic E-state index is 0.0659. The summed E-state index contributed by atoms with van der Waals surface area (Å²) in [5, 5.41) is 17.7. The number of nitro benzene ring substituents is 1. The molecule has 2 aromatic rings. The predicted octanol–water partition coefficient (Wildman–Crippen LogP) is 1.99. The maximum atomic E-state index is 12.4. The number of benzene rings is 1. The number of hydrogen-bond acceptors (Lipinski definition) is 6. The lowest BCUT2D eigenvalue weighted by Crippen LogP contribution is -2.14. The number of alkyl halides is 3. The number of carbonyl (C=O) groups excluding carboxylic acids is 1. The number of amides is 1. The first-order chi connectivity index (χ1) is 10.7. The highest BCUT2D eigenvalue weighted by molar-refractivity contribution is 6.03. The summed E-state index contributed by atoms with van der Waals surface area (Å²) < 4.78 is 41.8. The fourth-order valence-corrected chi connectivity index (χ4v) is 1.59. The van der Waals surface area contributed by atoms with Crippen LogP contribution in [0.2, 0.25) is 0 Å². The van der Waals surface area contributed by atoms with E-state index in [1.165, 1.54) is 19.2 Å². The lowest BCUT2D eigenvalue weighted by molar-refractivity contribution is -0.385. The Kier molecular flexibility index (Phi) is 4.16. The second-order valence-electron chi connectivity index (χ2n) is 4.10. The molecule has 1 aromatic heterocycles. The van der Waals surface area contributed by atoms with Crippen LogP contribution in [-0.4, -0.2) is 33.1 Å². The number of nitrogens with zero attached hydrogens (tertiary/aromatic N) is 3. The van der Waals surface area contributed by atoms with E-state index in [-0.39, 0.29) is 11.3 Å². The molecule has 23 heavy (non-hydrogen) atoms. The van der Waals surface area contributed by atoms with Crippen molar-refractivity contribution < 1.29 is 27.6 Å². The summed E-state index contributed by atoms with van der Waals surface area (Å²) >= 11 is 0. The summed E-state index contributed by atoms with van der Waals surface area (Å²) in [4.78, 5) is 25.1. The van der Waals surface area contributed by atoms with Crippen LogP contribution < -0.4 is 10.1 Å². The molecule has 0 spiro atoms. The van der Waals surface area contributed by atoms with E-state index in [0.29, 0.717) is 0 Å². The number of carbonyl (C=O) groups is 1. The average Bonchev–Trinajstić information content (AvgIpc) is 2.95. The molecule has 9 nitrogen and oxygen atoms in total. The van der Waals surface area contributed by atoms with Crippen molar-refractivity contribution in [3.05, 3.63) is 39.7 Å². The first-order valence-electron chi connectivity index (χ1n) is 5.85. The van der Waals surface area contributed by atoms with Crippen LogP contribution in [0.1, 0.15) is 16.2 Å². The molecule has 0 fully saturated rings. The smallest absolute Gasteiger partial charge is 0.451 e. The number of aromatic nitrogens is 3. The van der Waals surface area contributed by atoms with E-state index < -0.39 is 34.5 Å². The van der Waals surface area contributed by atoms with Gasteiger partial charge in [-0.2, -0.15) is 18.2 Å².